The number of hydrogen-bond donors (Lipinski definition) is 0. The van der Waals surface area contributed by atoms with Crippen molar-refractivity contribution in [3.8, 4) is 0 Å². The van der Waals surface area contributed by atoms with Gasteiger partial charge in [-0.15, -0.1) is 0 Å². The molecule has 2 rings (SSSR count). The lowest BCUT2D eigenvalue weighted by atomic mass is 10.0. The minimum atomic E-state index is -0.443. The minimum absolute atomic E-state index is 0.0408. The molecule has 2 aromatic carbocycles. The monoisotopic (exact) mass is 316 g/mol. The summed E-state index contributed by atoms with van der Waals surface area (Å²) in [6.45, 7) is 0. The van der Waals surface area contributed by atoms with Crippen LogP contribution in [-0.2, 0) is 6.42 Å². The summed E-state index contributed by atoms with van der Waals surface area (Å²) >= 11 is 17.7. The van der Waals surface area contributed by atoms with Crippen LogP contribution in [0.25, 0.3) is 0 Å². The van der Waals surface area contributed by atoms with Crippen LogP contribution in [0.15, 0.2) is 36.4 Å². The fraction of sp³-hybridized carbons (Fsp3) is 0.0714. The lowest BCUT2D eigenvalue weighted by molar-refractivity contribution is 0.0993. The number of Topliss-reactive ketones (excluding diaryl/α,β-unsaturated/α-hetero) is 1. The third-order valence-corrected chi connectivity index (χ3v) is 3.51. The molecule has 0 spiro atoms. The molecule has 0 saturated heterocycles. The van der Waals surface area contributed by atoms with Crippen LogP contribution in [0.3, 0.4) is 0 Å². The molecular weight excluding hydrogens is 310 g/mol. The van der Waals surface area contributed by atoms with E-state index in [2.05, 4.69) is 0 Å². The number of hydrogen-bond acceptors (Lipinski definition) is 1. The fourth-order valence-electron chi connectivity index (χ4n) is 1.64. The zero-order chi connectivity index (χ0) is 14.0. The van der Waals surface area contributed by atoms with E-state index in [1.165, 1.54) is 24.3 Å². The molecule has 0 aliphatic rings. The predicted octanol–water partition coefficient (Wildman–Crippen LogP) is 5.21. The SMILES string of the molecule is O=C(Cc1ccc(F)cc1Cl)c1cc(Cl)ccc1Cl. The molecule has 5 heteroatoms. The number of ketones is 1. The molecule has 0 radical (unpaired) electrons. The Hall–Kier alpha value is -1.09. The number of halogens is 4. The lowest BCUT2D eigenvalue weighted by Gasteiger charge is -2.06. The maximum Gasteiger partial charge on any atom is 0.168 e. The molecule has 19 heavy (non-hydrogen) atoms. The quantitative estimate of drug-likeness (QED) is 0.710. The van der Waals surface area contributed by atoms with Crippen molar-refractivity contribution in [2.45, 2.75) is 6.42 Å². The van der Waals surface area contributed by atoms with Gasteiger partial charge in [0.2, 0.25) is 0 Å². The average Bonchev–Trinajstić information content (AvgIpc) is 2.35. The molecule has 0 fully saturated rings. The van der Waals surface area contributed by atoms with Gasteiger partial charge in [0.25, 0.3) is 0 Å². The highest BCUT2D eigenvalue weighted by atomic mass is 35.5. The molecule has 2 aromatic rings. The van der Waals surface area contributed by atoms with Crippen molar-refractivity contribution in [2.75, 3.05) is 0 Å². The Balaban J connectivity index is 2.28. The third kappa shape index (κ3) is 3.47. The maximum absolute atomic E-state index is 12.9. The molecule has 0 aliphatic carbocycles. The van der Waals surface area contributed by atoms with Gasteiger partial charge in [-0.3, -0.25) is 4.79 Å². The van der Waals surface area contributed by atoms with Gasteiger partial charge >= 0.3 is 0 Å². The second kappa shape index (κ2) is 5.91. The first-order valence-electron chi connectivity index (χ1n) is 5.39. The molecule has 0 unspecified atom stereocenters. The number of carbonyl (C=O) groups excluding carboxylic acids is 1. The summed E-state index contributed by atoms with van der Waals surface area (Å²) < 4.78 is 12.9. The summed E-state index contributed by atoms with van der Waals surface area (Å²) in [5.41, 5.74) is 0.874. The second-order valence-electron chi connectivity index (χ2n) is 3.96. The van der Waals surface area contributed by atoms with E-state index in [-0.39, 0.29) is 17.2 Å². The molecule has 0 N–H and O–H groups in total. The highest BCUT2D eigenvalue weighted by Gasteiger charge is 2.13. The van der Waals surface area contributed by atoms with Crippen LogP contribution in [0.4, 0.5) is 4.39 Å². The molecule has 0 aliphatic heterocycles. The highest BCUT2D eigenvalue weighted by molar-refractivity contribution is 6.36. The van der Waals surface area contributed by atoms with Gasteiger partial charge in [-0.1, -0.05) is 40.9 Å². The van der Waals surface area contributed by atoms with Crippen molar-refractivity contribution in [3.05, 3.63) is 68.4 Å². The van der Waals surface area contributed by atoms with Crippen molar-refractivity contribution in [1.82, 2.24) is 0 Å². The van der Waals surface area contributed by atoms with Crippen LogP contribution in [0.5, 0.6) is 0 Å². The largest absolute Gasteiger partial charge is 0.294 e. The smallest absolute Gasteiger partial charge is 0.168 e. The number of benzene rings is 2. The normalized spacial score (nSPS) is 10.5. The predicted molar refractivity (Wildman–Crippen MR) is 75.9 cm³/mol. The molecule has 0 aromatic heterocycles. The first-order chi connectivity index (χ1) is 8.97. The van der Waals surface area contributed by atoms with Gasteiger partial charge in [0.15, 0.2) is 5.78 Å². The van der Waals surface area contributed by atoms with E-state index in [1.807, 2.05) is 0 Å². The molecule has 0 amide bonds. The molecule has 98 valence electrons. The number of rotatable bonds is 3. The van der Waals surface area contributed by atoms with Gasteiger partial charge in [-0.05, 0) is 35.9 Å². The van der Waals surface area contributed by atoms with Gasteiger partial charge in [-0.25, -0.2) is 4.39 Å². The van der Waals surface area contributed by atoms with E-state index in [0.717, 1.165) is 0 Å². The van der Waals surface area contributed by atoms with Crippen LogP contribution < -0.4 is 0 Å². The molecule has 0 heterocycles. The second-order valence-corrected chi connectivity index (χ2v) is 5.21. The van der Waals surface area contributed by atoms with Crippen molar-refractivity contribution in [3.63, 3.8) is 0 Å². The van der Waals surface area contributed by atoms with E-state index < -0.39 is 5.82 Å². The Labute approximate surface area is 124 Å². The summed E-state index contributed by atoms with van der Waals surface area (Å²) in [7, 11) is 0. The van der Waals surface area contributed by atoms with E-state index in [1.54, 1.807) is 12.1 Å². The van der Waals surface area contributed by atoms with Crippen molar-refractivity contribution < 1.29 is 9.18 Å². The molecule has 1 nitrogen and oxygen atoms in total. The van der Waals surface area contributed by atoms with Gasteiger partial charge in [0, 0.05) is 22.0 Å². The maximum atomic E-state index is 12.9. The number of carbonyl (C=O) groups is 1. The van der Waals surface area contributed by atoms with Gasteiger partial charge in [0.1, 0.15) is 5.82 Å². The van der Waals surface area contributed by atoms with Crippen molar-refractivity contribution in [1.29, 1.82) is 0 Å². The van der Waals surface area contributed by atoms with Crippen LogP contribution in [0.1, 0.15) is 15.9 Å². The summed E-state index contributed by atoms with van der Waals surface area (Å²) in [6, 6.07) is 8.57. The zero-order valence-electron chi connectivity index (χ0n) is 9.59. The van der Waals surface area contributed by atoms with Crippen LogP contribution in [-0.4, -0.2) is 5.78 Å². The van der Waals surface area contributed by atoms with Gasteiger partial charge in [-0.2, -0.15) is 0 Å². The summed E-state index contributed by atoms with van der Waals surface area (Å²) in [6.07, 6.45) is 0.0408. The fourth-order valence-corrected chi connectivity index (χ4v) is 2.27. The Morgan fingerprint density at radius 1 is 1.00 bits per heavy atom. The van der Waals surface area contributed by atoms with E-state index in [0.29, 0.717) is 21.2 Å². The van der Waals surface area contributed by atoms with Crippen LogP contribution in [0, 0.1) is 5.82 Å². The third-order valence-electron chi connectivity index (χ3n) is 2.59. The average molecular weight is 318 g/mol. The van der Waals surface area contributed by atoms with Gasteiger partial charge in [0.05, 0.1) is 5.02 Å². The van der Waals surface area contributed by atoms with E-state index in [4.69, 9.17) is 34.8 Å². The molecular formula is C14H8Cl3FO. The van der Waals surface area contributed by atoms with Crippen molar-refractivity contribution >= 4 is 40.6 Å². The first-order valence-corrected chi connectivity index (χ1v) is 6.53. The minimum Gasteiger partial charge on any atom is -0.294 e. The Kier molecular flexibility index (Phi) is 4.46. The Bertz CT molecular complexity index is 641. The molecule has 0 saturated carbocycles. The summed E-state index contributed by atoms with van der Waals surface area (Å²) in [5.74, 6) is -0.664. The molecule has 0 atom stereocenters. The standard InChI is InChI=1S/C14H8Cl3FO/c15-9-2-4-12(16)11(6-9)14(19)5-8-1-3-10(18)7-13(8)17/h1-4,6-7H,5H2. The first kappa shape index (κ1) is 14.3. The lowest BCUT2D eigenvalue weighted by Crippen LogP contribution is -2.05. The summed E-state index contributed by atoms with van der Waals surface area (Å²) in [4.78, 5) is 12.1. The summed E-state index contributed by atoms with van der Waals surface area (Å²) in [5, 5.41) is 0.970. The van der Waals surface area contributed by atoms with Crippen LogP contribution in [0.2, 0.25) is 15.1 Å². The van der Waals surface area contributed by atoms with Crippen LogP contribution >= 0.6 is 34.8 Å². The Morgan fingerprint density at radius 3 is 2.42 bits per heavy atom. The topological polar surface area (TPSA) is 17.1 Å². The molecule has 0 bridgehead atoms. The highest BCUT2D eigenvalue weighted by Crippen LogP contribution is 2.24. The van der Waals surface area contributed by atoms with E-state index >= 15 is 0 Å². The van der Waals surface area contributed by atoms with Crippen molar-refractivity contribution in [2.24, 2.45) is 0 Å². The zero-order valence-corrected chi connectivity index (χ0v) is 11.9. The van der Waals surface area contributed by atoms with Gasteiger partial charge < -0.3 is 0 Å². The Morgan fingerprint density at radius 2 is 1.74 bits per heavy atom. The van der Waals surface area contributed by atoms with E-state index in [9.17, 15) is 9.18 Å².